The second-order valence-corrected chi connectivity index (χ2v) is 18.7. The Labute approximate surface area is 460 Å². The summed E-state index contributed by atoms with van der Waals surface area (Å²) in [5.41, 5.74) is 2.77. The van der Waals surface area contributed by atoms with E-state index in [1.807, 2.05) is 88.4 Å². The van der Waals surface area contributed by atoms with Crippen molar-refractivity contribution in [2.45, 2.75) is 116 Å². The van der Waals surface area contributed by atoms with Gasteiger partial charge in [-0.3, -0.25) is 14.8 Å². The van der Waals surface area contributed by atoms with E-state index in [1.54, 1.807) is 36.7 Å². The van der Waals surface area contributed by atoms with Crippen molar-refractivity contribution in [3.05, 3.63) is 166 Å². The summed E-state index contributed by atoms with van der Waals surface area (Å²) in [6, 6.07) is 28.0. The molecule has 0 spiro atoms. The molecule has 0 aliphatic carbocycles. The minimum atomic E-state index is -4.67. The van der Waals surface area contributed by atoms with E-state index >= 15 is 0 Å². The van der Waals surface area contributed by atoms with Crippen LogP contribution in [-0.2, 0) is 70.3 Å². The van der Waals surface area contributed by atoms with Gasteiger partial charge in [0.2, 0.25) is 6.10 Å². The van der Waals surface area contributed by atoms with Gasteiger partial charge >= 0.3 is 24.3 Å². The number of rotatable bonds is 20. The van der Waals surface area contributed by atoms with Gasteiger partial charge in [0.05, 0.1) is 36.4 Å². The van der Waals surface area contributed by atoms with Gasteiger partial charge < -0.3 is 37.8 Å². The SMILES string of the molecule is CCCc1cc2c(C(F)(F)F)noc2c(CCC)c1O.CCCc1cc2c(C(F)(F)F)noc2c(CCC)c1OC(C(=O)OC)c1ccc(OCc2ccccn2)cc1.COC(=O)C(Br)c1ccc(OCc2ccccn2)cc1. The zero-order valence-corrected chi connectivity index (χ0v) is 45.8. The van der Waals surface area contributed by atoms with Crippen molar-refractivity contribution in [2.24, 2.45) is 0 Å². The Hall–Kier alpha value is -7.68. The highest BCUT2D eigenvalue weighted by atomic mass is 79.9. The van der Waals surface area contributed by atoms with E-state index in [1.165, 1.54) is 26.4 Å². The maximum Gasteiger partial charge on any atom is 0.437 e. The molecular weight excluding hydrogens is 1110 g/mol. The Morgan fingerprint density at radius 2 is 1.04 bits per heavy atom. The summed E-state index contributed by atoms with van der Waals surface area (Å²) in [5, 5.41) is 16.5. The number of hydrogen-bond donors (Lipinski definition) is 1. The molecule has 0 saturated carbocycles. The maximum absolute atomic E-state index is 13.6. The molecule has 0 aliphatic heterocycles. The summed E-state index contributed by atoms with van der Waals surface area (Å²) in [7, 11) is 2.61. The Morgan fingerprint density at radius 1 is 0.595 bits per heavy atom. The zero-order valence-electron chi connectivity index (χ0n) is 44.2. The standard InChI is InChI=1S/C29H29F3N2O5.C15H14BrNO3.C14H16F3NO2/c1-4-8-19-16-23-26(39-34-27(23)29(30,31)32)22(9-5-2)24(19)38-25(28(35)36-3)18-11-13-21(14-12-18)37-17-20-10-6-7-15-33-20;1-19-15(18)14(16)11-5-7-13(8-6-11)20-10-12-4-2-3-9-17-12;1-3-5-8-7-10-12(9(6-4-2)11(8)19)20-18-13(10)14(15,16)17/h6-7,10-16,25H,4-5,8-9,17H2,1-3H3;2-9,14H,10H2,1H3;7,19H,3-6H2,1-2H3. The van der Waals surface area contributed by atoms with E-state index in [2.05, 4.69) is 40.9 Å². The molecule has 0 bridgehead atoms. The van der Waals surface area contributed by atoms with Gasteiger partial charge in [-0.15, -0.1) is 0 Å². The Morgan fingerprint density at radius 3 is 1.48 bits per heavy atom. The lowest BCUT2D eigenvalue weighted by Gasteiger charge is -2.22. The fraction of sp³-hybridized carbons (Fsp3) is 0.345. The van der Waals surface area contributed by atoms with Crippen LogP contribution in [-0.4, -0.2) is 51.5 Å². The highest BCUT2D eigenvalue weighted by Gasteiger charge is 2.40. The molecule has 2 atom stereocenters. The predicted octanol–water partition coefficient (Wildman–Crippen LogP) is 14.7. The van der Waals surface area contributed by atoms with Crippen LogP contribution in [0, 0.1) is 0 Å². The third kappa shape index (κ3) is 15.8. The molecule has 79 heavy (non-hydrogen) atoms. The normalized spacial score (nSPS) is 12.2. The minimum absolute atomic E-state index is 0.000846. The smallest absolute Gasteiger partial charge is 0.437 e. The van der Waals surface area contributed by atoms with E-state index < -0.39 is 40.6 Å². The average Bonchev–Trinajstić information content (AvgIpc) is 4.26. The third-order valence-corrected chi connectivity index (χ3v) is 12.9. The largest absolute Gasteiger partial charge is 0.507 e. The number of pyridine rings is 2. The maximum atomic E-state index is 13.6. The molecular formula is C58H59BrF6N4O10. The number of carbonyl (C=O) groups is 2. The number of phenolic OH excluding ortho intramolecular Hbond substituents is 1. The number of aryl methyl sites for hydroxylation is 4. The molecule has 0 amide bonds. The zero-order chi connectivity index (χ0) is 57.3. The molecule has 0 saturated heterocycles. The first-order chi connectivity index (χ1) is 37.9. The number of aromatic hydroxyl groups is 1. The molecule has 0 fully saturated rings. The number of methoxy groups -OCH3 is 2. The van der Waals surface area contributed by atoms with Crippen molar-refractivity contribution in [3.8, 4) is 23.0 Å². The minimum Gasteiger partial charge on any atom is -0.507 e. The summed E-state index contributed by atoms with van der Waals surface area (Å²) >= 11 is 3.29. The number of nitrogens with zero attached hydrogens (tertiary/aromatic N) is 4. The van der Waals surface area contributed by atoms with Crippen molar-refractivity contribution in [1.29, 1.82) is 0 Å². The fourth-order valence-corrected chi connectivity index (χ4v) is 8.77. The highest BCUT2D eigenvalue weighted by Crippen LogP contribution is 2.43. The molecule has 0 aliphatic rings. The number of alkyl halides is 7. The molecule has 8 aromatic rings. The monoisotopic (exact) mass is 1160 g/mol. The Kier molecular flexibility index (Phi) is 21.7. The van der Waals surface area contributed by atoms with Crippen LogP contribution in [0.5, 0.6) is 23.0 Å². The van der Waals surface area contributed by atoms with Gasteiger partial charge in [-0.2, -0.15) is 26.3 Å². The summed E-state index contributed by atoms with van der Waals surface area (Å²) in [5.74, 6) is 0.647. The van der Waals surface area contributed by atoms with Gasteiger partial charge in [0, 0.05) is 29.1 Å². The molecule has 0 radical (unpaired) electrons. The lowest BCUT2D eigenvalue weighted by Crippen LogP contribution is -2.21. The van der Waals surface area contributed by atoms with Crippen LogP contribution in [0.1, 0.15) is 120 Å². The van der Waals surface area contributed by atoms with E-state index in [9.17, 15) is 41.0 Å². The van der Waals surface area contributed by atoms with Crippen molar-refractivity contribution >= 4 is 49.8 Å². The van der Waals surface area contributed by atoms with Crippen molar-refractivity contribution in [2.75, 3.05) is 14.2 Å². The predicted molar refractivity (Wildman–Crippen MR) is 285 cm³/mol. The Balaban J connectivity index is 0.000000211. The first-order valence-electron chi connectivity index (χ1n) is 25.3. The number of benzene rings is 4. The molecule has 1 N–H and O–H groups in total. The first kappa shape index (κ1) is 60.5. The second-order valence-electron chi connectivity index (χ2n) is 17.8. The van der Waals surface area contributed by atoms with Crippen molar-refractivity contribution < 1.29 is 73.8 Å². The Bertz CT molecular complexity index is 3230. The fourth-order valence-electron chi connectivity index (χ4n) is 8.28. The topological polar surface area (TPSA) is 178 Å². The lowest BCUT2D eigenvalue weighted by atomic mass is 9.97. The van der Waals surface area contributed by atoms with Crippen LogP contribution < -0.4 is 14.2 Å². The van der Waals surface area contributed by atoms with Crippen molar-refractivity contribution in [1.82, 2.24) is 20.3 Å². The molecule has 4 aromatic heterocycles. The van der Waals surface area contributed by atoms with Gasteiger partial charge in [-0.1, -0.05) is 116 Å². The van der Waals surface area contributed by atoms with Gasteiger partial charge in [0.15, 0.2) is 22.6 Å². The first-order valence-corrected chi connectivity index (χ1v) is 26.2. The van der Waals surface area contributed by atoms with Crippen LogP contribution in [0.4, 0.5) is 26.3 Å². The van der Waals surface area contributed by atoms with Gasteiger partial charge in [0.25, 0.3) is 0 Å². The highest BCUT2D eigenvalue weighted by molar-refractivity contribution is 9.09. The van der Waals surface area contributed by atoms with E-state index in [0.717, 1.165) is 29.1 Å². The van der Waals surface area contributed by atoms with Crippen molar-refractivity contribution in [3.63, 3.8) is 0 Å². The summed E-state index contributed by atoms with van der Waals surface area (Å²) in [4.78, 5) is 32.2. The number of fused-ring (bicyclic) bond motifs is 2. The quantitative estimate of drug-likeness (QED) is 0.0433. The molecule has 4 aromatic carbocycles. The third-order valence-electron chi connectivity index (χ3n) is 12.0. The molecule has 8 rings (SSSR count). The number of halogens is 7. The van der Waals surface area contributed by atoms with E-state index in [-0.39, 0.29) is 40.3 Å². The van der Waals surface area contributed by atoms with Crippen LogP contribution >= 0.6 is 15.9 Å². The summed E-state index contributed by atoms with van der Waals surface area (Å²) in [6.45, 7) is 8.28. The number of phenols is 1. The van der Waals surface area contributed by atoms with Crippen LogP contribution in [0.3, 0.4) is 0 Å². The summed E-state index contributed by atoms with van der Waals surface area (Å²) < 4.78 is 117. The molecule has 4 heterocycles. The molecule has 2 unspecified atom stereocenters. The number of esters is 2. The van der Waals surface area contributed by atoms with Gasteiger partial charge in [-0.05, 0) is 103 Å². The molecule has 21 heteroatoms. The van der Waals surface area contributed by atoms with Crippen LogP contribution in [0.2, 0.25) is 0 Å². The van der Waals surface area contributed by atoms with Crippen LogP contribution in [0.15, 0.2) is 119 Å². The van der Waals surface area contributed by atoms with Crippen LogP contribution in [0.25, 0.3) is 21.9 Å². The van der Waals surface area contributed by atoms with E-state index in [0.29, 0.717) is 90.9 Å². The van der Waals surface area contributed by atoms with E-state index in [4.69, 9.17) is 28.0 Å². The lowest BCUT2D eigenvalue weighted by molar-refractivity contribution is -0.149. The van der Waals surface area contributed by atoms with Gasteiger partial charge in [0.1, 0.15) is 41.0 Å². The molecule has 14 nitrogen and oxygen atoms in total. The number of aromatic nitrogens is 4. The number of ether oxygens (including phenoxy) is 5. The number of carbonyl (C=O) groups excluding carboxylic acids is 2. The molecule has 420 valence electrons. The van der Waals surface area contributed by atoms with Gasteiger partial charge in [-0.25, -0.2) is 4.79 Å². The second kappa shape index (κ2) is 28.3. The summed E-state index contributed by atoms with van der Waals surface area (Å²) in [6.07, 6.45) is -2.56. The number of hydrogen-bond acceptors (Lipinski definition) is 14. The average molecular weight is 1170 g/mol.